The van der Waals surface area contributed by atoms with Crippen molar-refractivity contribution in [3.63, 3.8) is 0 Å². The third kappa shape index (κ3) is 5.08. The van der Waals surface area contributed by atoms with Crippen molar-refractivity contribution in [1.29, 1.82) is 0 Å². The summed E-state index contributed by atoms with van der Waals surface area (Å²) in [4.78, 5) is 24.0. The molecule has 0 radical (unpaired) electrons. The number of piperidine rings is 1. The van der Waals surface area contributed by atoms with E-state index in [4.69, 9.17) is 4.74 Å². The van der Waals surface area contributed by atoms with Gasteiger partial charge in [0.2, 0.25) is 11.8 Å². The van der Waals surface area contributed by atoms with Crippen LogP contribution in [0.1, 0.15) is 38.5 Å². The molecule has 2 aliphatic carbocycles. The van der Waals surface area contributed by atoms with Gasteiger partial charge in [-0.15, -0.1) is 0 Å². The lowest BCUT2D eigenvalue weighted by atomic mass is 9.78. The molecule has 0 aromatic carbocycles. The molecule has 0 aromatic heterocycles. The van der Waals surface area contributed by atoms with Crippen molar-refractivity contribution in [2.75, 3.05) is 13.2 Å². The molecule has 5 nitrogen and oxygen atoms in total. The van der Waals surface area contributed by atoms with E-state index in [1.165, 1.54) is 0 Å². The fourth-order valence-corrected chi connectivity index (χ4v) is 3.82. The van der Waals surface area contributed by atoms with Crippen LogP contribution in [0.15, 0.2) is 0 Å². The normalized spacial score (nSPS) is 36.0. The van der Waals surface area contributed by atoms with Crippen LogP contribution in [0.3, 0.4) is 0 Å². The van der Waals surface area contributed by atoms with Gasteiger partial charge in [-0.25, -0.2) is 8.78 Å². The summed E-state index contributed by atoms with van der Waals surface area (Å²) in [5.41, 5.74) is 0. The summed E-state index contributed by atoms with van der Waals surface area (Å²) in [7, 11) is 0. The number of halogens is 5. The van der Waals surface area contributed by atoms with Crippen LogP contribution in [0.5, 0.6) is 0 Å². The fourth-order valence-electron chi connectivity index (χ4n) is 3.82. The van der Waals surface area contributed by atoms with Crippen molar-refractivity contribution in [3.05, 3.63) is 0 Å². The van der Waals surface area contributed by atoms with Crippen LogP contribution in [-0.4, -0.2) is 49.2 Å². The van der Waals surface area contributed by atoms with Crippen LogP contribution >= 0.6 is 0 Å². The van der Waals surface area contributed by atoms with Crippen molar-refractivity contribution in [2.45, 2.75) is 62.8 Å². The number of carbonyl (C=O) groups is 2. The largest absolute Gasteiger partial charge is 0.391 e. The predicted octanol–water partition coefficient (Wildman–Crippen LogP) is 2.40. The Morgan fingerprint density at radius 1 is 1.26 bits per heavy atom. The molecule has 3 aliphatic rings. The molecule has 3 fully saturated rings. The lowest BCUT2D eigenvalue weighted by molar-refractivity contribution is -0.199. The van der Waals surface area contributed by atoms with Crippen molar-refractivity contribution in [1.82, 2.24) is 10.6 Å². The maximum Gasteiger partial charge on any atom is 0.391 e. The van der Waals surface area contributed by atoms with Gasteiger partial charge >= 0.3 is 6.18 Å². The van der Waals surface area contributed by atoms with E-state index in [0.29, 0.717) is 13.0 Å². The first-order chi connectivity index (χ1) is 12.6. The minimum atomic E-state index is -4.41. The maximum atomic E-state index is 13.1. The molecule has 0 aromatic rings. The lowest BCUT2D eigenvalue weighted by Gasteiger charge is -2.37. The van der Waals surface area contributed by atoms with Crippen LogP contribution in [0, 0.1) is 17.8 Å². The van der Waals surface area contributed by atoms with Crippen LogP contribution in [0.25, 0.3) is 0 Å². The highest BCUT2D eigenvalue weighted by atomic mass is 19.4. The first kappa shape index (κ1) is 20.3. The third-order valence-electron chi connectivity index (χ3n) is 5.65. The van der Waals surface area contributed by atoms with Gasteiger partial charge in [0.25, 0.3) is 5.92 Å². The van der Waals surface area contributed by atoms with Gasteiger partial charge in [-0.3, -0.25) is 9.59 Å². The number of hydrogen-bond donors (Lipinski definition) is 2. The first-order valence-corrected chi connectivity index (χ1v) is 9.19. The zero-order chi connectivity index (χ0) is 19.8. The van der Waals surface area contributed by atoms with E-state index in [0.717, 1.165) is 0 Å². The molecule has 0 spiro atoms. The standard InChI is InChI=1S/C17H23F5N2O3/c18-16(19)7-10(16)8-27-13-5-9(17(20,21)22)1-2-12(13)15(26)24-11-3-4-23-14(25)6-11/h9-13H,1-8H2,(H,23,25)(H,24,26). The smallest absolute Gasteiger partial charge is 0.377 e. The number of ether oxygens (including phenoxy) is 1. The summed E-state index contributed by atoms with van der Waals surface area (Å²) in [6, 6.07) is -0.375. The SMILES string of the molecule is O=C1CC(NC(=O)C2CCC(C(F)(F)F)CC2OCC2CC2(F)F)CCN1. The summed E-state index contributed by atoms with van der Waals surface area (Å²) in [6.45, 7) is 0.0686. The van der Waals surface area contributed by atoms with Crippen LogP contribution in [0.2, 0.25) is 0 Å². The molecule has 1 aliphatic heterocycles. The Labute approximate surface area is 153 Å². The lowest BCUT2D eigenvalue weighted by Crippen LogP contribution is -2.51. The molecule has 0 bridgehead atoms. The molecular formula is C17H23F5N2O3. The second-order valence-corrected chi connectivity index (χ2v) is 7.74. The molecule has 2 amide bonds. The highest BCUT2D eigenvalue weighted by molar-refractivity contribution is 5.82. The number of hydrogen-bond acceptors (Lipinski definition) is 3. The maximum absolute atomic E-state index is 13.1. The minimum Gasteiger partial charge on any atom is -0.377 e. The van der Waals surface area contributed by atoms with Gasteiger partial charge < -0.3 is 15.4 Å². The molecule has 154 valence electrons. The second kappa shape index (κ2) is 7.52. The van der Waals surface area contributed by atoms with Gasteiger partial charge in [-0.2, -0.15) is 13.2 Å². The zero-order valence-electron chi connectivity index (χ0n) is 14.7. The van der Waals surface area contributed by atoms with Gasteiger partial charge in [0, 0.05) is 25.4 Å². The molecule has 2 saturated carbocycles. The van der Waals surface area contributed by atoms with Gasteiger partial charge in [0.15, 0.2) is 0 Å². The number of rotatable bonds is 5. The third-order valence-corrected chi connectivity index (χ3v) is 5.65. The summed E-state index contributed by atoms with van der Waals surface area (Å²) >= 11 is 0. The Balaban J connectivity index is 1.61. The van der Waals surface area contributed by atoms with E-state index >= 15 is 0 Å². The van der Waals surface area contributed by atoms with Crippen molar-refractivity contribution < 1.29 is 36.3 Å². The number of carbonyl (C=O) groups excluding carboxylic acids is 2. The van der Waals surface area contributed by atoms with E-state index < -0.39 is 48.3 Å². The molecule has 3 rings (SSSR count). The Morgan fingerprint density at radius 2 is 1.96 bits per heavy atom. The van der Waals surface area contributed by atoms with Crippen LogP contribution in [-0.2, 0) is 14.3 Å². The predicted molar refractivity (Wildman–Crippen MR) is 83.9 cm³/mol. The highest BCUT2D eigenvalue weighted by Gasteiger charge is 2.57. The molecule has 5 unspecified atom stereocenters. The summed E-state index contributed by atoms with van der Waals surface area (Å²) in [5.74, 6) is -6.92. The molecule has 5 atom stereocenters. The fraction of sp³-hybridized carbons (Fsp3) is 0.882. The molecule has 1 saturated heterocycles. The Kier molecular flexibility index (Phi) is 5.65. The van der Waals surface area contributed by atoms with Gasteiger partial charge in [0.05, 0.1) is 30.5 Å². The number of nitrogens with one attached hydrogen (secondary N) is 2. The highest BCUT2D eigenvalue weighted by Crippen LogP contribution is 2.49. The van der Waals surface area contributed by atoms with Crippen molar-refractivity contribution in [3.8, 4) is 0 Å². The quantitative estimate of drug-likeness (QED) is 0.699. The van der Waals surface area contributed by atoms with E-state index in [1.54, 1.807) is 0 Å². The Bertz CT molecular complexity index is 583. The number of alkyl halides is 5. The molecule has 27 heavy (non-hydrogen) atoms. The van der Waals surface area contributed by atoms with E-state index in [1.807, 2.05) is 0 Å². The summed E-state index contributed by atoms with van der Waals surface area (Å²) in [5, 5.41) is 5.35. The monoisotopic (exact) mass is 398 g/mol. The molecule has 1 heterocycles. The van der Waals surface area contributed by atoms with Crippen molar-refractivity contribution >= 4 is 11.8 Å². The Morgan fingerprint density at radius 3 is 2.56 bits per heavy atom. The second-order valence-electron chi connectivity index (χ2n) is 7.74. The zero-order valence-corrected chi connectivity index (χ0v) is 14.7. The average molecular weight is 398 g/mol. The van der Waals surface area contributed by atoms with Gasteiger partial charge in [-0.1, -0.05) is 0 Å². The van der Waals surface area contributed by atoms with Crippen LogP contribution in [0.4, 0.5) is 22.0 Å². The molecule has 2 N–H and O–H groups in total. The van der Waals surface area contributed by atoms with E-state index in [9.17, 15) is 31.5 Å². The summed E-state index contributed by atoms with van der Waals surface area (Å²) in [6.07, 6.45) is -5.79. The molecule has 10 heteroatoms. The van der Waals surface area contributed by atoms with Gasteiger partial charge in [0.1, 0.15) is 0 Å². The van der Waals surface area contributed by atoms with E-state index in [-0.39, 0.29) is 44.2 Å². The van der Waals surface area contributed by atoms with Crippen LogP contribution < -0.4 is 10.6 Å². The first-order valence-electron chi connectivity index (χ1n) is 9.19. The van der Waals surface area contributed by atoms with Crippen molar-refractivity contribution in [2.24, 2.45) is 17.8 Å². The molecular weight excluding hydrogens is 375 g/mol. The summed E-state index contributed by atoms with van der Waals surface area (Å²) < 4.78 is 70.7. The minimum absolute atomic E-state index is 0.0271. The average Bonchev–Trinajstić information content (AvgIpc) is 3.18. The number of amides is 2. The van der Waals surface area contributed by atoms with Gasteiger partial charge in [-0.05, 0) is 25.7 Å². The Hall–Kier alpha value is -1.45. The topological polar surface area (TPSA) is 67.4 Å². The van der Waals surface area contributed by atoms with E-state index in [2.05, 4.69) is 10.6 Å².